The first kappa shape index (κ1) is 21.1. The van der Waals surface area contributed by atoms with Crippen LogP contribution in [0.3, 0.4) is 0 Å². The molecule has 5 nitrogen and oxygen atoms in total. The van der Waals surface area contributed by atoms with E-state index in [1.165, 1.54) is 0 Å². The van der Waals surface area contributed by atoms with Crippen LogP contribution in [0.1, 0.15) is 57.1 Å². The predicted molar refractivity (Wildman–Crippen MR) is 107 cm³/mol. The second kappa shape index (κ2) is 7.24. The minimum Gasteiger partial charge on any atom is -0.493 e. The lowest BCUT2D eigenvalue weighted by Crippen LogP contribution is -2.48. The quantitative estimate of drug-likeness (QED) is 0.679. The van der Waals surface area contributed by atoms with E-state index in [0.717, 1.165) is 18.9 Å². The molecule has 30 heavy (non-hydrogen) atoms. The van der Waals surface area contributed by atoms with Crippen LogP contribution in [0.5, 0.6) is 5.75 Å². The van der Waals surface area contributed by atoms with Crippen molar-refractivity contribution in [3.05, 3.63) is 23.3 Å². The average Bonchev–Trinajstić information content (AvgIpc) is 3.42. The number of hydrogen-bond donors (Lipinski definition) is 0. The van der Waals surface area contributed by atoms with Gasteiger partial charge in [0.05, 0.1) is 17.9 Å². The maximum Gasteiger partial charge on any atom is 0.418 e. The third kappa shape index (κ3) is 4.18. The molecule has 0 aromatic heterocycles. The molecule has 2 aliphatic heterocycles. The molecule has 0 radical (unpaired) electrons. The van der Waals surface area contributed by atoms with Gasteiger partial charge in [-0.25, -0.2) is 4.79 Å². The molecule has 1 aliphatic carbocycles. The van der Waals surface area contributed by atoms with Crippen LogP contribution < -0.4 is 9.64 Å². The first-order chi connectivity index (χ1) is 13.9. The number of likely N-dealkylation sites (N-methyl/N-ethyl adjacent to an activating group) is 1. The molecule has 8 heteroatoms. The van der Waals surface area contributed by atoms with E-state index >= 15 is 0 Å². The number of alkyl halides is 3. The van der Waals surface area contributed by atoms with E-state index in [4.69, 9.17) is 9.47 Å². The number of carbonyl (C=O) groups is 1. The van der Waals surface area contributed by atoms with Crippen molar-refractivity contribution in [1.29, 1.82) is 0 Å². The van der Waals surface area contributed by atoms with E-state index in [1.807, 2.05) is 0 Å². The van der Waals surface area contributed by atoms with E-state index in [2.05, 4.69) is 0 Å². The van der Waals surface area contributed by atoms with Gasteiger partial charge < -0.3 is 19.3 Å². The summed E-state index contributed by atoms with van der Waals surface area (Å²) in [6, 6.07) is 2.78. The molecule has 4 rings (SSSR count). The summed E-state index contributed by atoms with van der Waals surface area (Å²) in [6.07, 6.45) is -2.18. The number of nitrogens with zero attached hydrogens (tertiary/aromatic N) is 2. The Kier molecular flexibility index (Phi) is 5.10. The molecule has 1 saturated heterocycles. The Bertz CT molecular complexity index is 830. The zero-order chi connectivity index (χ0) is 21.8. The summed E-state index contributed by atoms with van der Waals surface area (Å²) in [5, 5.41) is 0. The second-order valence-corrected chi connectivity index (χ2v) is 9.66. The molecule has 1 aromatic rings. The van der Waals surface area contributed by atoms with Crippen LogP contribution in [0.25, 0.3) is 0 Å². The fourth-order valence-corrected chi connectivity index (χ4v) is 4.47. The van der Waals surface area contributed by atoms with Gasteiger partial charge >= 0.3 is 12.3 Å². The standard InChI is InChI=1S/C22H29F3N2O3/c1-21(2,3)30-20(28)27-8-7-18-16(11-27)15-9-14(29-12-13-5-6-13)10-17(22(23,24)25)19(15)26(18)4/h9-10,13,16,18H,5-8,11-12H2,1-4H3/t16?,18-/m0/s1. The van der Waals surface area contributed by atoms with Crippen LogP contribution in [0, 0.1) is 5.92 Å². The summed E-state index contributed by atoms with van der Waals surface area (Å²) in [5.41, 5.74) is -0.462. The number of fused-ring (bicyclic) bond motifs is 3. The second-order valence-electron chi connectivity index (χ2n) is 9.66. The van der Waals surface area contributed by atoms with Crippen molar-refractivity contribution >= 4 is 11.8 Å². The van der Waals surface area contributed by atoms with Gasteiger partial charge in [-0.1, -0.05) is 0 Å². The van der Waals surface area contributed by atoms with E-state index in [9.17, 15) is 18.0 Å². The highest BCUT2D eigenvalue weighted by atomic mass is 19.4. The number of likely N-dealkylation sites (tertiary alicyclic amines) is 1. The van der Waals surface area contributed by atoms with Crippen molar-refractivity contribution in [2.75, 3.05) is 31.6 Å². The molecule has 3 aliphatic rings. The predicted octanol–water partition coefficient (Wildman–Crippen LogP) is 5.04. The molecule has 1 saturated carbocycles. The highest BCUT2D eigenvalue weighted by molar-refractivity contribution is 5.72. The van der Waals surface area contributed by atoms with Gasteiger partial charge in [0, 0.05) is 32.1 Å². The summed E-state index contributed by atoms with van der Waals surface area (Å²) in [6.45, 7) is 6.64. The summed E-state index contributed by atoms with van der Waals surface area (Å²) >= 11 is 0. The number of halogens is 3. The molecule has 1 amide bonds. The van der Waals surface area contributed by atoms with Crippen LogP contribution in [0.15, 0.2) is 12.1 Å². The lowest BCUT2D eigenvalue weighted by molar-refractivity contribution is -0.137. The summed E-state index contributed by atoms with van der Waals surface area (Å²) < 4.78 is 52.9. The number of amides is 1. The molecule has 166 valence electrons. The van der Waals surface area contributed by atoms with Crippen molar-refractivity contribution in [1.82, 2.24) is 4.90 Å². The fraction of sp³-hybridized carbons (Fsp3) is 0.682. The van der Waals surface area contributed by atoms with Gasteiger partial charge in [0.25, 0.3) is 0 Å². The number of anilines is 1. The maximum atomic E-state index is 13.9. The monoisotopic (exact) mass is 426 g/mol. The smallest absolute Gasteiger partial charge is 0.418 e. The number of hydrogen-bond acceptors (Lipinski definition) is 4. The number of rotatable bonds is 3. The summed E-state index contributed by atoms with van der Waals surface area (Å²) in [5.74, 6) is 0.494. The lowest BCUT2D eigenvalue weighted by Gasteiger charge is -2.38. The Morgan fingerprint density at radius 3 is 2.47 bits per heavy atom. The Balaban J connectivity index is 1.65. The van der Waals surface area contributed by atoms with Gasteiger partial charge in [0.1, 0.15) is 11.4 Å². The average molecular weight is 426 g/mol. The van der Waals surface area contributed by atoms with Crippen LogP contribution in [0.2, 0.25) is 0 Å². The molecule has 2 fully saturated rings. The molecule has 0 bridgehead atoms. The Morgan fingerprint density at radius 2 is 1.87 bits per heavy atom. The Hall–Kier alpha value is -2.12. The van der Waals surface area contributed by atoms with Gasteiger partial charge in [0.2, 0.25) is 0 Å². The number of piperidine rings is 1. The van der Waals surface area contributed by atoms with Gasteiger partial charge in [-0.05, 0) is 63.6 Å². The van der Waals surface area contributed by atoms with Gasteiger partial charge in [-0.15, -0.1) is 0 Å². The molecule has 2 atom stereocenters. The number of ether oxygens (including phenoxy) is 2. The zero-order valence-electron chi connectivity index (χ0n) is 17.9. The molecule has 1 unspecified atom stereocenters. The molecule has 2 heterocycles. The van der Waals surface area contributed by atoms with Crippen molar-refractivity contribution in [2.24, 2.45) is 5.92 Å². The zero-order valence-corrected chi connectivity index (χ0v) is 17.9. The molecular formula is C22H29F3N2O3. The van der Waals surface area contributed by atoms with E-state index in [1.54, 1.807) is 43.7 Å². The van der Waals surface area contributed by atoms with E-state index in [0.29, 0.717) is 37.6 Å². The molecule has 0 spiro atoms. The Labute approximate surface area is 175 Å². The van der Waals surface area contributed by atoms with Crippen molar-refractivity contribution in [2.45, 2.75) is 63.8 Å². The Morgan fingerprint density at radius 1 is 1.17 bits per heavy atom. The first-order valence-corrected chi connectivity index (χ1v) is 10.5. The third-order valence-electron chi connectivity index (χ3n) is 6.08. The van der Waals surface area contributed by atoms with Gasteiger partial charge in [-0.3, -0.25) is 0 Å². The first-order valence-electron chi connectivity index (χ1n) is 10.5. The lowest BCUT2D eigenvalue weighted by atomic mass is 9.88. The van der Waals surface area contributed by atoms with E-state index in [-0.39, 0.29) is 23.4 Å². The molecule has 0 N–H and O–H groups in total. The topological polar surface area (TPSA) is 42.0 Å². The van der Waals surface area contributed by atoms with E-state index < -0.39 is 23.4 Å². The molecular weight excluding hydrogens is 397 g/mol. The minimum absolute atomic E-state index is 0.0848. The van der Waals surface area contributed by atoms with Gasteiger partial charge in [-0.2, -0.15) is 13.2 Å². The normalized spacial score (nSPS) is 23.8. The van der Waals surface area contributed by atoms with Crippen molar-refractivity contribution in [3.63, 3.8) is 0 Å². The number of carbonyl (C=O) groups excluding carboxylic acids is 1. The van der Waals surface area contributed by atoms with Crippen molar-refractivity contribution in [3.8, 4) is 5.75 Å². The largest absolute Gasteiger partial charge is 0.493 e. The van der Waals surface area contributed by atoms with Crippen molar-refractivity contribution < 1.29 is 27.4 Å². The fourth-order valence-electron chi connectivity index (χ4n) is 4.47. The van der Waals surface area contributed by atoms with Crippen LogP contribution >= 0.6 is 0 Å². The summed E-state index contributed by atoms with van der Waals surface area (Å²) in [7, 11) is 1.71. The third-order valence-corrected chi connectivity index (χ3v) is 6.08. The highest BCUT2D eigenvalue weighted by Gasteiger charge is 2.47. The van der Waals surface area contributed by atoms with Crippen LogP contribution in [-0.4, -0.2) is 49.4 Å². The van der Waals surface area contributed by atoms with Gasteiger partial charge in [0.15, 0.2) is 0 Å². The summed E-state index contributed by atoms with van der Waals surface area (Å²) in [4.78, 5) is 15.9. The SMILES string of the molecule is CN1c2c(cc(OCC3CC3)cc2C(F)(F)F)C2CN(C(=O)OC(C)(C)C)CC[C@@H]21. The maximum absolute atomic E-state index is 13.9. The number of benzene rings is 1. The van der Waals surface area contributed by atoms with Crippen LogP contribution in [0.4, 0.5) is 23.7 Å². The van der Waals surface area contributed by atoms with Crippen LogP contribution in [-0.2, 0) is 10.9 Å². The highest BCUT2D eigenvalue weighted by Crippen LogP contribution is 2.51. The minimum atomic E-state index is -4.48. The molecule has 1 aromatic carbocycles.